The smallest absolute Gasteiger partial charge is 0.138 e. The maximum atomic E-state index is 9.65. The third-order valence-corrected chi connectivity index (χ3v) is 4.05. The van der Waals surface area contributed by atoms with Gasteiger partial charge >= 0.3 is 0 Å². The molecule has 0 aliphatic rings. The number of nitrogens with zero attached hydrogens (tertiary/aromatic N) is 1. The number of benzene rings is 2. The zero-order chi connectivity index (χ0) is 14.9. The van der Waals surface area contributed by atoms with Gasteiger partial charge in [0.25, 0.3) is 0 Å². The van der Waals surface area contributed by atoms with Gasteiger partial charge in [-0.2, -0.15) is 0 Å². The standard InChI is InChI=1S/C19H16N2O/c22-15-11-17-16-10-14(7-6-13-4-2-1-3-5-13)8-9-18(16)21-19(17)20-12-15/h1-5,8-12,22H,6-7H2,(H,20,21). The summed E-state index contributed by atoms with van der Waals surface area (Å²) < 4.78 is 0. The van der Waals surface area contributed by atoms with Crippen molar-refractivity contribution in [1.29, 1.82) is 0 Å². The number of nitrogens with one attached hydrogen (secondary N) is 1. The van der Waals surface area contributed by atoms with Crippen LogP contribution >= 0.6 is 0 Å². The summed E-state index contributed by atoms with van der Waals surface area (Å²) in [6.07, 6.45) is 3.49. The second-order valence-electron chi connectivity index (χ2n) is 5.58. The van der Waals surface area contributed by atoms with Crippen molar-refractivity contribution in [2.75, 3.05) is 0 Å². The Morgan fingerprint density at radius 3 is 2.55 bits per heavy atom. The number of fused-ring (bicyclic) bond motifs is 3. The molecule has 0 saturated heterocycles. The molecular formula is C19H16N2O. The molecule has 3 nitrogen and oxygen atoms in total. The quantitative estimate of drug-likeness (QED) is 0.593. The lowest BCUT2D eigenvalue weighted by atomic mass is 10.0. The Labute approximate surface area is 128 Å². The van der Waals surface area contributed by atoms with Gasteiger partial charge in [0.15, 0.2) is 0 Å². The molecule has 0 radical (unpaired) electrons. The van der Waals surface area contributed by atoms with E-state index >= 15 is 0 Å². The molecular weight excluding hydrogens is 272 g/mol. The number of pyridine rings is 1. The van der Waals surface area contributed by atoms with Crippen LogP contribution in [0.25, 0.3) is 21.9 Å². The van der Waals surface area contributed by atoms with Crippen LogP contribution in [0.4, 0.5) is 0 Å². The normalized spacial score (nSPS) is 11.3. The summed E-state index contributed by atoms with van der Waals surface area (Å²) in [4.78, 5) is 7.52. The topological polar surface area (TPSA) is 48.9 Å². The molecule has 0 saturated carbocycles. The number of aromatic nitrogens is 2. The highest BCUT2D eigenvalue weighted by atomic mass is 16.3. The minimum atomic E-state index is 0.197. The van der Waals surface area contributed by atoms with Crippen LogP contribution in [0.1, 0.15) is 11.1 Å². The van der Waals surface area contributed by atoms with Crippen molar-refractivity contribution in [3.05, 3.63) is 71.9 Å². The van der Waals surface area contributed by atoms with Gasteiger partial charge in [0, 0.05) is 16.3 Å². The lowest BCUT2D eigenvalue weighted by molar-refractivity contribution is 0.474. The number of aromatic hydroxyl groups is 1. The number of aryl methyl sites for hydroxylation is 2. The fourth-order valence-electron chi connectivity index (χ4n) is 2.90. The lowest BCUT2D eigenvalue weighted by Crippen LogP contribution is -1.90. The third kappa shape index (κ3) is 2.31. The van der Waals surface area contributed by atoms with Crippen molar-refractivity contribution in [3.63, 3.8) is 0 Å². The number of aromatic amines is 1. The molecule has 0 fully saturated rings. The van der Waals surface area contributed by atoms with Crippen molar-refractivity contribution in [3.8, 4) is 5.75 Å². The Hall–Kier alpha value is -2.81. The highest BCUT2D eigenvalue weighted by molar-refractivity contribution is 6.06. The van der Waals surface area contributed by atoms with Gasteiger partial charge in [-0.25, -0.2) is 4.98 Å². The molecule has 2 heterocycles. The second-order valence-corrected chi connectivity index (χ2v) is 5.58. The average molecular weight is 288 g/mol. The van der Waals surface area contributed by atoms with E-state index in [2.05, 4.69) is 52.4 Å². The van der Waals surface area contributed by atoms with Crippen LogP contribution in [0.3, 0.4) is 0 Å². The van der Waals surface area contributed by atoms with Crippen LogP contribution in [-0.4, -0.2) is 15.1 Å². The van der Waals surface area contributed by atoms with Crippen LogP contribution in [-0.2, 0) is 12.8 Å². The first kappa shape index (κ1) is 12.9. The Bertz CT molecular complexity index is 942. The lowest BCUT2D eigenvalue weighted by Gasteiger charge is -2.03. The molecule has 0 aliphatic heterocycles. The summed E-state index contributed by atoms with van der Waals surface area (Å²) in [5.74, 6) is 0.197. The molecule has 108 valence electrons. The predicted molar refractivity (Wildman–Crippen MR) is 89.1 cm³/mol. The van der Waals surface area contributed by atoms with Gasteiger partial charge in [-0.1, -0.05) is 36.4 Å². The van der Waals surface area contributed by atoms with E-state index in [9.17, 15) is 5.11 Å². The molecule has 0 amide bonds. The summed E-state index contributed by atoms with van der Waals surface area (Å²) in [6, 6.07) is 18.7. The fourth-order valence-corrected chi connectivity index (χ4v) is 2.90. The first-order valence-corrected chi connectivity index (χ1v) is 7.43. The number of rotatable bonds is 3. The minimum absolute atomic E-state index is 0.197. The zero-order valence-corrected chi connectivity index (χ0v) is 12.1. The Balaban J connectivity index is 1.70. The van der Waals surface area contributed by atoms with E-state index in [4.69, 9.17) is 0 Å². The summed E-state index contributed by atoms with van der Waals surface area (Å²) in [5.41, 5.74) is 4.51. The molecule has 2 aromatic carbocycles. The predicted octanol–water partition coefficient (Wildman–Crippen LogP) is 4.21. The van der Waals surface area contributed by atoms with E-state index in [-0.39, 0.29) is 5.75 Å². The molecule has 0 bridgehead atoms. The molecule has 2 N–H and O–H groups in total. The highest BCUT2D eigenvalue weighted by Crippen LogP contribution is 2.27. The molecule has 0 unspecified atom stereocenters. The van der Waals surface area contributed by atoms with Crippen LogP contribution in [0.2, 0.25) is 0 Å². The van der Waals surface area contributed by atoms with E-state index in [0.29, 0.717) is 0 Å². The minimum Gasteiger partial charge on any atom is -0.506 e. The van der Waals surface area contributed by atoms with E-state index in [1.165, 1.54) is 17.3 Å². The molecule has 4 aromatic rings. The highest BCUT2D eigenvalue weighted by Gasteiger charge is 2.07. The van der Waals surface area contributed by atoms with E-state index in [0.717, 1.165) is 34.8 Å². The van der Waals surface area contributed by atoms with Crippen LogP contribution in [0, 0.1) is 0 Å². The largest absolute Gasteiger partial charge is 0.506 e. The summed E-state index contributed by atoms with van der Waals surface area (Å²) >= 11 is 0. The van der Waals surface area contributed by atoms with Gasteiger partial charge in [-0.15, -0.1) is 0 Å². The Kier molecular flexibility index (Phi) is 3.04. The first-order chi connectivity index (χ1) is 10.8. The monoisotopic (exact) mass is 288 g/mol. The summed E-state index contributed by atoms with van der Waals surface area (Å²) in [6.45, 7) is 0. The number of hydrogen-bond donors (Lipinski definition) is 2. The number of H-pyrrole nitrogens is 1. The molecule has 0 atom stereocenters. The summed E-state index contributed by atoms with van der Waals surface area (Å²) in [5, 5.41) is 11.7. The molecule has 4 rings (SSSR count). The SMILES string of the molecule is Oc1cnc2[nH]c3ccc(CCc4ccccc4)cc3c2c1. The van der Waals surface area contributed by atoms with E-state index in [1.807, 2.05) is 6.07 Å². The molecule has 0 aliphatic carbocycles. The van der Waals surface area contributed by atoms with Crippen LogP contribution in [0.15, 0.2) is 60.8 Å². The molecule has 0 spiro atoms. The van der Waals surface area contributed by atoms with Gasteiger partial charge in [0.05, 0.1) is 6.20 Å². The van der Waals surface area contributed by atoms with Gasteiger partial charge in [-0.05, 0) is 42.2 Å². The van der Waals surface area contributed by atoms with E-state index < -0.39 is 0 Å². The van der Waals surface area contributed by atoms with Gasteiger partial charge in [-0.3, -0.25) is 0 Å². The third-order valence-electron chi connectivity index (χ3n) is 4.05. The second kappa shape index (κ2) is 5.19. The van der Waals surface area contributed by atoms with Crippen LogP contribution in [0.5, 0.6) is 5.75 Å². The van der Waals surface area contributed by atoms with Crippen molar-refractivity contribution >= 4 is 21.9 Å². The molecule has 22 heavy (non-hydrogen) atoms. The van der Waals surface area contributed by atoms with Crippen LogP contribution < -0.4 is 0 Å². The maximum absolute atomic E-state index is 9.65. The molecule has 2 aromatic heterocycles. The zero-order valence-electron chi connectivity index (χ0n) is 12.1. The van der Waals surface area contributed by atoms with Gasteiger partial charge in [0.1, 0.15) is 11.4 Å². The summed E-state index contributed by atoms with van der Waals surface area (Å²) in [7, 11) is 0. The average Bonchev–Trinajstić information content (AvgIpc) is 2.91. The Morgan fingerprint density at radius 2 is 1.68 bits per heavy atom. The van der Waals surface area contributed by atoms with Crippen molar-refractivity contribution in [2.45, 2.75) is 12.8 Å². The Morgan fingerprint density at radius 1 is 0.864 bits per heavy atom. The van der Waals surface area contributed by atoms with Gasteiger partial charge < -0.3 is 10.1 Å². The fraction of sp³-hybridized carbons (Fsp3) is 0.105. The number of hydrogen-bond acceptors (Lipinski definition) is 2. The maximum Gasteiger partial charge on any atom is 0.138 e. The van der Waals surface area contributed by atoms with Crippen molar-refractivity contribution in [2.24, 2.45) is 0 Å². The first-order valence-electron chi connectivity index (χ1n) is 7.43. The van der Waals surface area contributed by atoms with Crippen molar-refractivity contribution in [1.82, 2.24) is 9.97 Å². The van der Waals surface area contributed by atoms with Crippen molar-refractivity contribution < 1.29 is 5.11 Å². The van der Waals surface area contributed by atoms with E-state index in [1.54, 1.807) is 6.07 Å². The van der Waals surface area contributed by atoms with Gasteiger partial charge in [0.2, 0.25) is 0 Å². The molecule has 3 heteroatoms.